The summed E-state index contributed by atoms with van der Waals surface area (Å²) in [5, 5.41) is 2.87. The molecule has 0 aliphatic carbocycles. The van der Waals surface area contributed by atoms with E-state index in [0.717, 1.165) is 12.8 Å². The molecular weight excluding hydrogens is 232 g/mol. The fraction of sp³-hybridized carbons (Fsp3) is 0.846. The third-order valence-corrected chi connectivity index (χ3v) is 4.04. The molecule has 0 aromatic heterocycles. The second-order valence-electron chi connectivity index (χ2n) is 5.24. The lowest BCUT2D eigenvalue weighted by molar-refractivity contribution is -0.132. The molecule has 0 spiro atoms. The van der Waals surface area contributed by atoms with Crippen molar-refractivity contribution >= 4 is 11.7 Å². The number of ether oxygens (including phenoxy) is 1. The Hall–Kier alpha value is -0.940. The Balaban J connectivity index is 1.91. The molecule has 3 unspecified atom stereocenters. The Morgan fingerprint density at radius 2 is 2.06 bits per heavy atom. The van der Waals surface area contributed by atoms with Gasteiger partial charge in [-0.15, -0.1) is 0 Å². The zero-order valence-corrected chi connectivity index (χ0v) is 11.1. The third-order valence-electron chi connectivity index (χ3n) is 4.04. The molecule has 5 nitrogen and oxygen atoms in total. The monoisotopic (exact) mass is 254 g/mol. The Morgan fingerprint density at radius 3 is 2.61 bits per heavy atom. The quantitative estimate of drug-likeness (QED) is 0.719. The maximum Gasteiger partial charge on any atom is 0.237 e. The van der Waals surface area contributed by atoms with E-state index in [0.29, 0.717) is 31.8 Å². The molecule has 1 N–H and O–H groups in total. The van der Waals surface area contributed by atoms with Gasteiger partial charge in [0.25, 0.3) is 0 Å². The lowest BCUT2D eigenvalue weighted by atomic mass is 9.99. The molecule has 2 aliphatic rings. The van der Waals surface area contributed by atoms with E-state index in [4.69, 9.17) is 4.74 Å². The number of nitrogens with one attached hydrogen (secondary N) is 1. The van der Waals surface area contributed by atoms with E-state index in [-0.39, 0.29) is 24.0 Å². The van der Waals surface area contributed by atoms with Crippen LogP contribution in [0.5, 0.6) is 0 Å². The van der Waals surface area contributed by atoms with Crippen LogP contribution in [-0.4, -0.2) is 55.0 Å². The summed E-state index contributed by atoms with van der Waals surface area (Å²) in [5.74, 6) is 0.393. The molecule has 2 fully saturated rings. The number of nitrogens with zero attached hydrogens (tertiary/aromatic N) is 1. The summed E-state index contributed by atoms with van der Waals surface area (Å²) in [7, 11) is 1.62. The predicted octanol–water partition coefficient (Wildman–Crippen LogP) is 0.333. The number of carbonyl (C=O) groups excluding carboxylic acids is 2. The first-order chi connectivity index (χ1) is 8.63. The minimum atomic E-state index is -0.146. The van der Waals surface area contributed by atoms with Gasteiger partial charge in [0.05, 0.1) is 12.6 Å². The highest BCUT2D eigenvalue weighted by molar-refractivity contribution is 5.84. The van der Waals surface area contributed by atoms with Crippen LogP contribution in [0, 0.1) is 0 Å². The van der Waals surface area contributed by atoms with Crippen molar-refractivity contribution in [1.29, 1.82) is 0 Å². The highest BCUT2D eigenvalue weighted by Crippen LogP contribution is 2.35. The summed E-state index contributed by atoms with van der Waals surface area (Å²) in [4.78, 5) is 25.8. The number of methoxy groups -OCH3 is 1. The minimum Gasteiger partial charge on any atom is -0.383 e. The van der Waals surface area contributed by atoms with Crippen LogP contribution in [0.4, 0.5) is 0 Å². The van der Waals surface area contributed by atoms with Crippen LogP contribution in [0.25, 0.3) is 0 Å². The lowest BCUT2D eigenvalue weighted by Crippen LogP contribution is -2.53. The van der Waals surface area contributed by atoms with Crippen molar-refractivity contribution in [2.75, 3.05) is 20.3 Å². The predicted molar refractivity (Wildman–Crippen MR) is 67.2 cm³/mol. The number of Topliss-reactive ketones (excluding diaryl/α,β-unsaturated/α-hetero) is 1. The van der Waals surface area contributed by atoms with Crippen molar-refractivity contribution in [2.45, 2.75) is 50.7 Å². The Bertz CT molecular complexity index is 316. The van der Waals surface area contributed by atoms with E-state index < -0.39 is 0 Å². The van der Waals surface area contributed by atoms with Gasteiger partial charge in [-0.3, -0.25) is 14.5 Å². The van der Waals surface area contributed by atoms with Crippen LogP contribution in [0.3, 0.4) is 0 Å². The van der Waals surface area contributed by atoms with Gasteiger partial charge in [-0.05, 0) is 19.8 Å². The molecule has 1 amide bonds. The third kappa shape index (κ3) is 2.72. The van der Waals surface area contributed by atoms with E-state index in [1.165, 1.54) is 0 Å². The molecule has 0 saturated carbocycles. The second-order valence-corrected chi connectivity index (χ2v) is 5.24. The number of rotatable bonds is 5. The highest BCUT2D eigenvalue weighted by atomic mass is 16.5. The number of fused-ring (bicyclic) bond motifs is 2. The summed E-state index contributed by atoms with van der Waals surface area (Å²) in [5.41, 5.74) is 0. The standard InChI is InChI=1S/C13H22N2O3/c1-9(13(17)14-5-6-18-2)15-10-3-4-11(15)8-12(16)7-10/h9-11H,3-8H2,1-2H3,(H,14,17). The fourth-order valence-electron chi connectivity index (χ4n) is 3.20. The highest BCUT2D eigenvalue weighted by Gasteiger charge is 2.43. The molecule has 2 saturated heterocycles. The van der Waals surface area contributed by atoms with Gasteiger partial charge in [-0.25, -0.2) is 0 Å². The molecule has 0 aromatic carbocycles. The molecule has 2 heterocycles. The number of ketones is 1. The zero-order chi connectivity index (χ0) is 13.1. The largest absolute Gasteiger partial charge is 0.383 e. The Kier molecular flexibility index (Phi) is 4.35. The van der Waals surface area contributed by atoms with Crippen molar-refractivity contribution in [2.24, 2.45) is 0 Å². The van der Waals surface area contributed by atoms with Crippen LogP contribution >= 0.6 is 0 Å². The molecule has 18 heavy (non-hydrogen) atoms. The second kappa shape index (κ2) is 5.80. The van der Waals surface area contributed by atoms with Crippen molar-refractivity contribution in [3.05, 3.63) is 0 Å². The lowest BCUT2D eigenvalue weighted by Gasteiger charge is -2.37. The molecule has 2 aliphatic heterocycles. The summed E-state index contributed by atoms with van der Waals surface area (Å²) < 4.78 is 4.91. The summed E-state index contributed by atoms with van der Waals surface area (Å²) in [6, 6.07) is 0.409. The molecule has 102 valence electrons. The number of piperidine rings is 1. The first-order valence-electron chi connectivity index (χ1n) is 6.69. The topological polar surface area (TPSA) is 58.6 Å². The number of hydrogen-bond donors (Lipinski definition) is 1. The van der Waals surface area contributed by atoms with E-state index in [1.54, 1.807) is 7.11 Å². The molecule has 3 atom stereocenters. The first kappa shape index (κ1) is 13.5. The van der Waals surface area contributed by atoms with E-state index in [2.05, 4.69) is 10.2 Å². The van der Waals surface area contributed by atoms with Gasteiger partial charge in [0.2, 0.25) is 5.91 Å². The number of carbonyl (C=O) groups is 2. The molecule has 2 bridgehead atoms. The van der Waals surface area contributed by atoms with Crippen LogP contribution < -0.4 is 5.32 Å². The average Bonchev–Trinajstić information content (AvgIpc) is 2.61. The smallest absolute Gasteiger partial charge is 0.237 e. The molecule has 0 aromatic rings. The zero-order valence-electron chi connectivity index (χ0n) is 11.1. The van der Waals surface area contributed by atoms with E-state index in [1.807, 2.05) is 6.92 Å². The van der Waals surface area contributed by atoms with Crippen LogP contribution in [0.2, 0.25) is 0 Å². The summed E-state index contributed by atoms with van der Waals surface area (Å²) in [6.07, 6.45) is 3.33. The van der Waals surface area contributed by atoms with Gasteiger partial charge in [-0.1, -0.05) is 0 Å². The maximum atomic E-state index is 12.0. The van der Waals surface area contributed by atoms with Gasteiger partial charge in [0.15, 0.2) is 0 Å². The summed E-state index contributed by atoms with van der Waals surface area (Å²) in [6.45, 7) is 3.01. The number of amides is 1. The molecule has 0 radical (unpaired) electrons. The normalized spacial score (nSPS) is 29.3. The Morgan fingerprint density at radius 1 is 1.44 bits per heavy atom. The van der Waals surface area contributed by atoms with Gasteiger partial charge < -0.3 is 10.1 Å². The minimum absolute atomic E-state index is 0.0401. The first-order valence-corrected chi connectivity index (χ1v) is 6.69. The van der Waals surface area contributed by atoms with Crippen molar-refractivity contribution in [3.8, 4) is 0 Å². The SMILES string of the molecule is COCCNC(=O)C(C)N1C2CCC1CC(=O)C2. The van der Waals surface area contributed by atoms with E-state index >= 15 is 0 Å². The Labute approximate surface area is 108 Å². The van der Waals surface area contributed by atoms with Gasteiger partial charge in [0, 0.05) is 38.6 Å². The van der Waals surface area contributed by atoms with E-state index in [9.17, 15) is 9.59 Å². The van der Waals surface area contributed by atoms with Crippen LogP contribution in [-0.2, 0) is 14.3 Å². The van der Waals surface area contributed by atoms with Gasteiger partial charge in [0.1, 0.15) is 5.78 Å². The maximum absolute atomic E-state index is 12.0. The fourth-order valence-corrected chi connectivity index (χ4v) is 3.20. The average molecular weight is 254 g/mol. The van der Waals surface area contributed by atoms with Gasteiger partial charge in [-0.2, -0.15) is 0 Å². The van der Waals surface area contributed by atoms with Crippen molar-refractivity contribution < 1.29 is 14.3 Å². The summed E-state index contributed by atoms with van der Waals surface area (Å²) >= 11 is 0. The number of hydrogen-bond acceptors (Lipinski definition) is 4. The molecule has 2 rings (SSSR count). The van der Waals surface area contributed by atoms with Gasteiger partial charge >= 0.3 is 0 Å². The molecule has 5 heteroatoms. The van der Waals surface area contributed by atoms with Crippen LogP contribution in [0.1, 0.15) is 32.6 Å². The van der Waals surface area contributed by atoms with Crippen molar-refractivity contribution in [1.82, 2.24) is 10.2 Å². The van der Waals surface area contributed by atoms with Crippen molar-refractivity contribution in [3.63, 3.8) is 0 Å². The molecular formula is C13H22N2O3. The van der Waals surface area contributed by atoms with Crippen LogP contribution in [0.15, 0.2) is 0 Å².